The number of ether oxygens (including phenoxy) is 1. The van der Waals surface area contributed by atoms with E-state index in [1.54, 1.807) is 0 Å². The summed E-state index contributed by atoms with van der Waals surface area (Å²) in [5, 5.41) is 14.9. The van der Waals surface area contributed by atoms with Crippen molar-refractivity contribution in [2.24, 2.45) is 11.3 Å². The van der Waals surface area contributed by atoms with Crippen LogP contribution in [0.15, 0.2) is 0 Å². The summed E-state index contributed by atoms with van der Waals surface area (Å²) in [6.07, 6.45) is 3.91. The lowest BCUT2D eigenvalue weighted by molar-refractivity contribution is -0.139. The van der Waals surface area contributed by atoms with Gasteiger partial charge in [-0.15, -0.1) is 0 Å². The molecule has 7 heteroatoms. The molecule has 0 aromatic carbocycles. The van der Waals surface area contributed by atoms with Gasteiger partial charge in [0, 0.05) is 31.2 Å². The molecule has 0 radical (unpaired) electrons. The van der Waals surface area contributed by atoms with Crippen molar-refractivity contribution >= 4 is 12.0 Å². The molecule has 2 atom stereocenters. The first-order valence-electron chi connectivity index (χ1n) is 9.82. The van der Waals surface area contributed by atoms with Crippen LogP contribution in [0.3, 0.4) is 0 Å². The van der Waals surface area contributed by atoms with Crippen LogP contribution in [-0.4, -0.2) is 66.4 Å². The van der Waals surface area contributed by atoms with Crippen molar-refractivity contribution in [3.05, 3.63) is 0 Å². The number of rotatable bonds is 7. The standard InChI is InChI=1S/C19H35N3O4/c1-5-22(12-16(23)24)15-9-14(10-15)21-18(25)20-11-13-7-6-8-26-17(13)19(2,3)4/h13-15,17H,5-12H2,1-4H3,(H,23,24)(H2,20,21,25). The van der Waals surface area contributed by atoms with Gasteiger partial charge in [-0.1, -0.05) is 27.7 Å². The maximum absolute atomic E-state index is 12.2. The molecule has 2 fully saturated rings. The molecule has 0 aromatic heterocycles. The molecule has 1 saturated carbocycles. The van der Waals surface area contributed by atoms with Gasteiger partial charge in [0.1, 0.15) is 0 Å². The minimum absolute atomic E-state index is 0.0654. The molecule has 1 aliphatic carbocycles. The Morgan fingerprint density at radius 3 is 2.54 bits per heavy atom. The van der Waals surface area contributed by atoms with Crippen LogP contribution in [0.1, 0.15) is 53.4 Å². The molecule has 26 heavy (non-hydrogen) atoms. The fourth-order valence-corrected chi connectivity index (χ4v) is 4.15. The first-order chi connectivity index (χ1) is 12.2. The van der Waals surface area contributed by atoms with Crippen LogP contribution >= 0.6 is 0 Å². The van der Waals surface area contributed by atoms with Crippen molar-refractivity contribution in [2.75, 3.05) is 26.2 Å². The van der Waals surface area contributed by atoms with Gasteiger partial charge in [-0.2, -0.15) is 0 Å². The fourth-order valence-electron chi connectivity index (χ4n) is 4.15. The lowest BCUT2D eigenvalue weighted by Crippen LogP contribution is -2.57. The van der Waals surface area contributed by atoms with E-state index in [9.17, 15) is 9.59 Å². The van der Waals surface area contributed by atoms with Crippen LogP contribution in [0.2, 0.25) is 0 Å². The third-order valence-electron chi connectivity index (χ3n) is 5.53. The van der Waals surface area contributed by atoms with Crippen molar-refractivity contribution in [1.29, 1.82) is 0 Å². The fraction of sp³-hybridized carbons (Fsp3) is 0.895. The molecular weight excluding hydrogens is 334 g/mol. The number of nitrogens with zero attached hydrogens (tertiary/aromatic N) is 1. The normalized spacial score (nSPS) is 29.1. The highest BCUT2D eigenvalue weighted by molar-refractivity contribution is 5.74. The predicted octanol–water partition coefficient (Wildman–Crippen LogP) is 2.06. The number of carbonyl (C=O) groups excluding carboxylic acids is 1. The van der Waals surface area contributed by atoms with Crippen LogP contribution in [0.4, 0.5) is 4.79 Å². The summed E-state index contributed by atoms with van der Waals surface area (Å²) in [5.74, 6) is -0.459. The number of nitrogens with one attached hydrogen (secondary N) is 2. The summed E-state index contributed by atoms with van der Waals surface area (Å²) < 4.78 is 5.96. The molecule has 1 aliphatic heterocycles. The zero-order chi connectivity index (χ0) is 19.3. The molecule has 2 rings (SSSR count). The second-order valence-electron chi connectivity index (χ2n) is 8.69. The summed E-state index contributed by atoms with van der Waals surface area (Å²) in [7, 11) is 0. The smallest absolute Gasteiger partial charge is 0.317 e. The van der Waals surface area contributed by atoms with E-state index >= 15 is 0 Å². The van der Waals surface area contributed by atoms with E-state index in [1.165, 1.54) is 0 Å². The third kappa shape index (κ3) is 5.84. The molecule has 150 valence electrons. The summed E-state index contributed by atoms with van der Waals surface area (Å²) in [6, 6.07) is 0.246. The first-order valence-corrected chi connectivity index (χ1v) is 9.82. The molecule has 7 nitrogen and oxygen atoms in total. The lowest BCUT2D eigenvalue weighted by Gasteiger charge is -2.42. The van der Waals surface area contributed by atoms with E-state index in [0.717, 1.165) is 32.3 Å². The van der Waals surface area contributed by atoms with Gasteiger partial charge < -0.3 is 20.5 Å². The molecule has 2 aliphatic rings. The van der Waals surface area contributed by atoms with Crippen molar-refractivity contribution in [1.82, 2.24) is 15.5 Å². The quantitative estimate of drug-likeness (QED) is 0.639. The Morgan fingerprint density at radius 1 is 1.27 bits per heavy atom. The summed E-state index contributed by atoms with van der Waals surface area (Å²) in [5.41, 5.74) is 0.0676. The summed E-state index contributed by atoms with van der Waals surface area (Å²) in [4.78, 5) is 25.0. The molecule has 0 bridgehead atoms. The average Bonchev–Trinajstić information content (AvgIpc) is 2.53. The number of carbonyl (C=O) groups is 2. The van der Waals surface area contributed by atoms with Crippen LogP contribution in [0.25, 0.3) is 0 Å². The maximum atomic E-state index is 12.2. The van der Waals surface area contributed by atoms with Gasteiger partial charge in [-0.25, -0.2) is 4.79 Å². The third-order valence-corrected chi connectivity index (χ3v) is 5.53. The maximum Gasteiger partial charge on any atom is 0.317 e. The zero-order valence-corrected chi connectivity index (χ0v) is 16.6. The Hall–Kier alpha value is -1.34. The molecule has 2 amide bonds. The van der Waals surface area contributed by atoms with Crippen LogP contribution in [-0.2, 0) is 9.53 Å². The van der Waals surface area contributed by atoms with E-state index < -0.39 is 5.97 Å². The minimum atomic E-state index is -0.802. The van der Waals surface area contributed by atoms with Gasteiger partial charge in [-0.05, 0) is 37.6 Å². The van der Waals surface area contributed by atoms with Gasteiger partial charge in [0.15, 0.2) is 0 Å². The topological polar surface area (TPSA) is 90.9 Å². The van der Waals surface area contributed by atoms with Gasteiger partial charge in [0.2, 0.25) is 0 Å². The highest BCUT2D eigenvalue weighted by atomic mass is 16.5. The Morgan fingerprint density at radius 2 is 1.96 bits per heavy atom. The van der Waals surface area contributed by atoms with E-state index in [1.807, 2.05) is 11.8 Å². The predicted molar refractivity (Wildman–Crippen MR) is 100 cm³/mol. The molecule has 1 saturated heterocycles. The SMILES string of the molecule is CCN(CC(=O)O)C1CC(NC(=O)NCC2CCCOC2C(C)(C)C)C1. The molecule has 0 spiro atoms. The van der Waals surface area contributed by atoms with Gasteiger partial charge >= 0.3 is 12.0 Å². The number of hydrogen-bond acceptors (Lipinski definition) is 4. The number of aliphatic carboxylic acids is 1. The number of urea groups is 1. The van der Waals surface area contributed by atoms with Crippen molar-refractivity contribution in [2.45, 2.75) is 71.6 Å². The van der Waals surface area contributed by atoms with E-state index in [-0.39, 0.29) is 36.2 Å². The van der Waals surface area contributed by atoms with Crippen molar-refractivity contribution < 1.29 is 19.4 Å². The highest BCUT2D eigenvalue weighted by Gasteiger charge is 2.37. The monoisotopic (exact) mass is 369 g/mol. The number of carboxylic acids is 1. The molecule has 2 unspecified atom stereocenters. The Bertz CT molecular complexity index is 486. The number of hydrogen-bond donors (Lipinski definition) is 3. The first kappa shape index (κ1) is 21.0. The number of carboxylic acid groups (broad SMARTS) is 1. The van der Waals surface area contributed by atoms with Gasteiger partial charge in [0.05, 0.1) is 12.6 Å². The second kappa shape index (κ2) is 9.04. The van der Waals surface area contributed by atoms with Crippen molar-refractivity contribution in [3.63, 3.8) is 0 Å². The molecule has 0 aromatic rings. The molecular formula is C19H35N3O4. The zero-order valence-electron chi connectivity index (χ0n) is 16.6. The number of likely N-dealkylation sites (N-methyl/N-ethyl adjacent to an activating group) is 1. The highest BCUT2D eigenvalue weighted by Crippen LogP contribution is 2.33. The summed E-state index contributed by atoms with van der Waals surface area (Å²) >= 11 is 0. The van der Waals surface area contributed by atoms with E-state index in [2.05, 4.69) is 31.4 Å². The summed E-state index contributed by atoms with van der Waals surface area (Å²) in [6.45, 7) is 10.7. The van der Waals surface area contributed by atoms with Crippen molar-refractivity contribution in [3.8, 4) is 0 Å². The largest absolute Gasteiger partial charge is 0.480 e. The van der Waals surface area contributed by atoms with Gasteiger partial charge in [0.25, 0.3) is 0 Å². The van der Waals surface area contributed by atoms with Crippen LogP contribution in [0.5, 0.6) is 0 Å². The Labute approximate surface area is 156 Å². The van der Waals surface area contributed by atoms with Crippen LogP contribution in [0, 0.1) is 11.3 Å². The number of amides is 2. The second-order valence-corrected chi connectivity index (χ2v) is 8.69. The van der Waals surface area contributed by atoms with Crippen LogP contribution < -0.4 is 10.6 Å². The lowest BCUT2D eigenvalue weighted by atomic mass is 9.78. The Kier molecular flexibility index (Phi) is 7.29. The molecule has 1 heterocycles. The van der Waals surface area contributed by atoms with Gasteiger partial charge in [-0.3, -0.25) is 9.69 Å². The van der Waals surface area contributed by atoms with E-state index in [4.69, 9.17) is 9.84 Å². The molecule has 3 N–H and O–H groups in total. The Balaban J connectivity index is 1.70. The van der Waals surface area contributed by atoms with E-state index in [0.29, 0.717) is 19.0 Å². The minimum Gasteiger partial charge on any atom is -0.480 e. The average molecular weight is 370 g/mol.